The van der Waals surface area contributed by atoms with Crippen LogP contribution in [0.5, 0.6) is 0 Å². The molecular formula is C22H31N3O2. The highest BCUT2D eigenvalue weighted by molar-refractivity contribution is 5.84. The quantitative estimate of drug-likeness (QED) is 0.804. The van der Waals surface area contributed by atoms with Crippen LogP contribution < -0.4 is 5.32 Å². The van der Waals surface area contributed by atoms with E-state index in [1.165, 1.54) is 19.3 Å². The van der Waals surface area contributed by atoms with Crippen molar-refractivity contribution in [3.05, 3.63) is 30.1 Å². The summed E-state index contributed by atoms with van der Waals surface area (Å²) in [6.07, 6.45) is 10.1. The van der Waals surface area contributed by atoms with Crippen LogP contribution in [0.1, 0.15) is 50.6 Å². The maximum absolute atomic E-state index is 12.9. The largest absolute Gasteiger partial charge is 0.355 e. The van der Waals surface area contributed by atoms with E-state index in [1.807, 2.05) is 25.2 Å². The number of aromatic nitrogens is 1. The molecule has 5 rings (SSSR count). The minimum Gasteiger partial charge on any atom is -0.355 e. The number of nitrogens with zero attached hydrogens (tertiary/aromatic N) is 2. The molecule has 0 unspecified atom stereocenters. The van der Waals surface area contributed by atoms with E-state index in [-0.39, 0.29) is 17.2 Å². The normalized spacial score (nSPS) is 30.9. The molecule has 4 aliphatic rings. The predicted molar refractivity (Wildman–Crippen MR) is 104 cm³/mol. The molecule has 1 aromatic heterocycles. The van der Waals surface area contributed by atoms with Crippen LogP contribution in [0.25, 0.3) is 0 Å². The summed E-state index contributed by atoms with van der Waals surface area (Å²) in [5.41, 5.74) is 0.870. The van der Waals surface area contributed by atoms with Crippen LogP contribution in [-0.2, 0) is 16.0 Å². The van der Waals surface area contributed by atoms with E-state index in [4.69, 9.17) is 0 Å². The summed E-state index contributed by atoms with van der Waals surface area (Å²) in [5, 5.41) is 3.10. The second-order valence-electron chi connectivity index (χ2n) is 9.09. The van der Waals surface area contributed by atoms with E-state index >= 15 is 0 Å². The number of amides is 2. The maximum atomic E-state index is 12.9. The zero-order valence-electron chi connectivity index (χ0n) is 16.3. The molecule has 27 heavy (non-hydrogen) atoms. The van der Waals surface area contributed by atoms with Gasteiger partial charge in [-0.1, -0.05) is 6.07 Å². The first-order chi connectivity index (χ1) is 13.0. The van der Waals surface area contributed by atoms with Gasteiger partial charge < -0.3 is 10.2 Å². The molecule has 4 aliphatic carbocycles. The molecule has 0 spiro atoms. The summed E-state index contributed by atoms with van der Waals surface area (Å²) in [5.74, 6) is 2.59. The summed E-state index contributed by atoms with van der Waals surface area (Å²) in [4.78, 5) is 31.3. The summed E-state index contributed by atoms with van der Waals surface area (Å²) in [6, 6.07) is 5.83. The van der Waals surface area contributed by atoms with Gasteiger partial charge in [0.1, 0.15) is 0 Å². The molecule has 0 saturated heterocycles. The highest BCUT2D eigenvalue weighted by Gasteiger charge is 2.54. The topological polar surface area (TPSA) is 62.3 Å². The maximum Gasteiger partial charge on any atom is 0.226 e. The van der Waals surface area contributed by atoms with Crippen molar-refractivity contribution in [2.45, 2.75) is 51.4 Å². The first kappa shape index (κ1) is 18.5. The van der Waals surface area contributed by atoms with Gasteiger partial charge in [-0.3, -0.25) is 14.6 Å². The Morgan fingerprint density at radius 3 is 2.41 bits per heavy atom. The summed E-state index contributed by atoms with van der Waals surface area (Å²) >= 11 is 0. The predicted octanol–water partition coefficient (Wildman–Crippen LogP) is 2.81. The van der Waals surface area contributed by atoms with Crippen molar-refractivity contribution in [2.75, 3.05) is 20.1 Å². The van der Waals surface area contributed by atoms with Gasteiger partial charge in [-0.15, -0.1) is 0 Å². The van der Waals surface area contributed by atoms with Crippen molar-refractivity contribution in [3.8, 4) is 0 Å². The Bertz CT molecular complexity index is 653. The van der Waals surface area contributed by atoms with Gasteiger partial charge in [0.05, 0.1) is 0 Å². The first-order valence-electron chi connectivity index (χ1n) is 10.5. The number of rotatable bonds is 7. The highest BCUT2D eigenvalue weighted by Crippen LogP contribution is 2.60. The molecule has 1 N–H and O–H groups in total. The monoisotopic (exact) mass is 369 g/mol. The molecule has 1 aromatic rings. The Labute approximate surface area is 161 Å². The van der Waals surface area contributed by atoms with Gasteiger partial charge in [0.25, 0.3) is 0 Å². The van der Waals surface area contributed by atoms with Gasteiger partial charge in [-0.25, -0.2) is 0 Å². The lowest BCUT2D eigenvalue weighted by atomic mass is 9.49. The van der Waals surface area contributed by atoms with Gasteiger partial charge in [0, 0.05) is 50.3 Å². The molecule has 0 aliphatic heterocycles. The van der Waals surface area contributed by atoms with Gasteiger partial charge in [-0.2, -0.15) is 0 Å². The Morgan fingerprint density at radius 2 is 1.81 bits per heavy atom. The molecule has 0 radical (unpaired) electrons. The number of hydrogen-bond donors (Lipinski definition) is 1. The molecule has 4 fully saturated rings. The van der Waals surface area contributed by atoms with E-state index in [9.17, 15) is 9.59 Å². The highest BCUT2D eigenvalue weighted by atomic mass is 16.2. The average molecular weight is 370 g/mol. The van der Waals surface area contributed by atoms with Crippen LogP contribution in [0.4, 0.5) is 0 Å². The molecule has 0 atom stereocenters. The van der Waals surface area contributed by atoms with Gasteiger partial charge in [-0.05, 0) is 68.4 Å². The van der Waals surface area contributed by atoms with Crippen LogP contribution in [0, 0.1) is 23.2 Å². The van der Waals surface area contributed by atoms with Crippen molar-refractivity contribution < 1.29 is 9.59 Å². The van der Waals surface area contributed by atoms with Crippen molar-refractivity contribution in [3.63, 3.8) is 0 Å². The second kappa shape index (κ2) is 7.61. The van der Waals surface area contributed by atoms with E-state index in [1.54, 1.807) is 11.1 Å². The smallest absolute Gasteiger partial charge is 0.226 e. The lowest BCUT2D eigenvalue weighted by molar-refractivity contribution is -0.146. The zero-order chi connectivity index (χ0) is 18.9. The van der Waals surface area contributed by atoms with Gasteiger partial charge >= 0.3 is 0 Å². The standard InChI is InChI=1S/C22H31N3O2/c1-25(9-6-19-4-2-3-7-23-19)20(26)5-8-24-21(27)22-13-16-10-17(14-22)12-18(11-16)15-22/h2-4,7,16-18H,5-6,8-15H2,1H3,(H,24,27). The van der Waals surface area contributed by atoms with Crippen LogP contribution >= 0.6 is 0 Å². The number of nitrogens with one attached hydrogen (secondary N) is 1. The molecule has 146 valence electrons. The average Bonchev–Trinajstić information content (AvgIpc) is 2.65. The van der Waals surface area contributed by atoms with Crippen molar-refractivity contribution in [1.82, 2.24) is 15.2 Å². The molecule has 0 aromatic carbocycles. The Balaban J connectivity index is 1.21. The lowest BCUT2D eigenvalue weighted by Gasteiger charge is -2.55. The third kappa shape index (κ3) is 4.02. The van der Waals surface area contributed by atoms with Gasteiger partial charge in [0.15, 0.2) is 0 Å². The molecule has 2 amide bonds. The minimum absolute atomic E-state index is 0.0803. The van der Waals surface area contributed by atoms with Crippen LogP contribution in [0.2, 0.25) is 0 Å². The zero-order valence-corrected chi connectivity index (χ0v) is 16.3. The fraction of sp³-hybridized carbons (Fsp3) is 0.682. The Kier molecular flexibility index (Phi) is 5.20. The fourth-order valence-electron chi connectivity index (χ4n) is 6.00. The third-order valence-electron chi connectivity index (χ3n) is 7.00. The Hall–Kier alpha value is -1.91. The first-order valence-corrected chi connectivity index (χ1v) is 10.5. The second-order valence-corrected chi connectivity index (χ2v) is 9.09. The molecule has 1 heterocycles. The number of hydrogen-bond acceptors (Lipinski definition) is 3. The molecular weight excluding hydrogens is 338 g/mol. The van der Waals surface area contributed by atoms with Gasteiger partial charge in [0.2, 0.25) is 11.8 Å². The van der Waals surface area contributed by atoms with Crippen LogP contribution in [0.3, 0.4) is 0 Å². The summed E-state index contributed by atoms with van der Waals surface area (Å²) in [7, 11) is 1.83. The number of pyridine rings is 1. The number of carbonyl (C=O) groups is 2. The van der Waals surface area contributed by atoms with Crippen molar-refractivity contribution >= 4 is 11.8 Å². The van der Waals surface area contributed by atoms with Crippen LogP contribution in [0.15, 0.2) is 24.4 Å². The molecule has 5 nitrogen and oxygen atoms in total. The third-order valence-corrected chi connectivity index (χ3v) is 7.00. The minimum atomic E-state index is -0.122. The number of likely N-dealkylation sites (N-methyl/N-ethyl adjacent to an activating group) is 1. The van der Waals surface area contributed by atoms with E-state index < -0.39 is 0 Å². The molecule has 4 bridgehead atoms. The SMILES string of the molecule is CN(CCc1ccccn1)C(=O)CCNC(=O)C12CC3CC(CC(C3)C1)C2. The number of carbonyl (C=O) groups excluding carboxylic acids is 2. The molecule has 4 saturated carbocycles. The van der Waals surface area contributed by atoms with Crippen LogP contribution in [-0.4, -0.2) is 41.8 Å². The lowest BCUT2D eigenvalue weighted by Crippen LogP contribution is -2.53. The van der Waals surface area contributed by atoms with E-state index in [0.717, 1.165) is 49.1 Å². The van der Waals surface area contributed by atoms with Crippen molar-refractivity contribution in [1.29, 1.82) is 0 Å². The van der Waals surface area contributed by atoms with E-state index in [2.05, 4.69) is 10.3 Å². The Morgan fingerprint density at radius 1 is 1.15 bits per heavy atom. The summed E-state index contributed by atoms with van der Waals surface area (Å²) < 4.78 is 0. The summed E-state index contributed by atoms with van der Waals surface area (Å²) in [6.45, 7) is 1.10. The fourth-order valence-corrected chi connectivity index (χ4v) is 6.00. The van der Waals surface area contributed by atoms with E-state index in [0.29, 0.717) is 19.5 Å². The molecule has 5 heteroatoms. The van der Waals surface area contributed by atoms with Crippen molar-refractivity contribution in [2.24, 2.45) is 23.2 Å².